The normalized spacial score (nSPS) is 10.6. The Morgan fingerprint density at radius 2 is 2.16 bits per heavy atom. The largest absolute Gasteiger partial charge is 0.362 e. The predicted octanol–water partition coefficient (Wildman–Crippen LogP) is 1.64. The van der Waals surface area contributed by atoms with Gasteiger partial charge in [-0.3, -0.25) is 4.79 Å². The number of carbonyl (C=O) groups excluding carboxylic acids is 1. The average Bonchev–Trinajstić information content (AvgIpc) is 2.35. The van der Waals surface area contributed by atoms with E-state index in [2.05, 4.69) is 5.32 Å². The smallest absolute Gasteiger partial charge is 0.239 e. The zero-order valence-electron chi connectivity index (χ0n) is 11.7. The van der Waals surface area contributed by atoms with Crippen LogP contribution < -0.4 is 16.0 Å². The maximum absolute atomic E-state index is 13.2. The molecule has 0 aliphatic carbocycles. The van der Waals surface area contributed by atoms with Crippen LogP contribution in [0.4, 0.5) is 10.1 Å². The van der Waals surface area contributed by atoms with Crippen molar-refractivity contribution < 1.29 is 9.18 Å². The fourth-order valence-electron chi connectivity index (χ4n) is 1.93. The van der Waals surface area contributed by atoms with Crippen LogP contribution in [0.15, 0.2) is 18.2 Å². The van der Waals surface area contributed by atoms with Crippen molar-refractivity contribution in [1.29, 1.82) is 0 Å². The molecule has 5 heteroatoms. The van der Waals surface area contributed by atoms with Crippen LogP contribution in [-0.2, 0) is 11.3 Å². The van der Waals surface area contributed by atoms with E-state index >= 15 is 0 Å². The highest BCUT2D eigenvalue weighted by Crippen LogP contribution is 2.21. The van der Waals surface area contributed by atoms with Crippen molar-refractivity contribution in [2.45, 2.75) is 33.4 Å². The first-order chi connectivity index (χ1) is 8.97. The highest BCUT2D eigenvalue weighted by molar-refractivity contribution is 5.81. The fraction of sp³-hybridized carbons (Fsp3) is 0.500. The number of amides is 1. The minimum Gasteiger partial charge on any atom is -0.362 e. The molecule has 0 saturated heterocycles. The molecule has 3 N–H and O–H groups in total. The lowest BCUT2D eigenvalue weighted by molar-refractivity contribution is -0.120. The summed E-state index contributed by atoms with van der Waals surface area (Å²) in [6.45, 7) is 6.92. The maximum Gasteiger partial charge on any atom is 0.239 e. The van der Waals surface area contributed by atoms with Crippen molar-refractivity contribution in [2.24, 2.45) is 5.73 Å². The Labute approximate surface area is 113 Å². The Hall–Kier alpha value is -1.62. The lowest BCUT2D eigenvalue weighted by atomic mass is 10.1. The highest BCUT2D eigenvalue weighted by Gasteiger charge is 2.14. The number of carbonyl (C=O) groups is 1. The zero-order valence-corrected chi connectivity index (χ0v) is 11.7. The molecule has 1 aromatic carbocycles. The van der Waals surface area contributed by atoms with Gasteiger partial charge in [0, 0.05) is 24.8 Å². The molecule has 1 rings (SSSR count). The second-order valence-corrected chi connectivity index (χ2v) is 4.71. The Morgan fingerprint density at radius 3 is 2.68 bits per heavy atom. The number of hydrogen-bond acceptors (Lipinski definition) is 3. The standard InChI is InChI=1S/C14H22FN3O/c1-4-18(9-14(19)17-10(2)3)13-6-5-12(15)7-11(13)8-16/h5-7,10H,4,8-9,16H2,1-3H3,(H,17,19). The third-order valence-corrected chi connectivity index (χ3v) is 2.77. The number of likely N-dealkylation sites (N-methyl/N-ethyl adjacent to an activating group) is 1. The molecule has 1 aromatic rings. The summed E-state index contributed by atoms with van der Waals surface area (Å²) >= 11 is 0. The van der Waals surface area contributed by atoms with Gasteiger partial charge < -0.3 is 16.0 Å². The molecule has 19 heavy (non-hydrogen) atoms. The Balaban J connectivity index is 2.88. The third kappa shape index (κ3) is 4.52. The summed E-state index contributed by atoms with van der Waals surface area (Å²) in [6.07, 6.45) is 0. The number of hydrogen-bond donors (Lipinski definition) is 2. The van der Waals surface area contributed by atoms with E-state index in [1.54, 1.807) is 6.07 Å². The van der Waals surface area contributed by atoms with Gasteiger partial charge in [0.15, 0.2) is 0 Å². The molecular formula is C14H22FN3O. The average molecular weight is 267 g/mol. The second kappa shape index (κ2) is 7.09. The van der Waals surface area contributed by atoms with Crippen molar-refractivity contribution in [1.82, 2.24) is 5.32 Å². The van der Waals surface area contributed by atoms with Gasteiger partial charge in [0.25, 0.3) is 0 Å². The van der Waals surface area contributed by atoms with Crippen LogP contribution in [0.1, 0.15) is 26.3 Å². The summed E-state index contributed by atoms with van der Waals surface area (Å²) < 4.78 is 13.2. The van der Waals surface area contributed by atoms with Gasteiger partial charge >= 0.3 is 0 Å². The van der Waals surface area contributed by atoms with E-state index < -0.39 is 0 Å². The van der Waals surface area contributed by atoms with E-state index in [4.69, 9.17) is 5.73 Å². The lowest BCUT2D eigenvalue weighted by Gasteiger charge is -2.25. The summed E-state index contributed by atoms with van der Waals surface area (Å²) in [4.78, 5) is 13.7. The van der Waals surface area contributed by atoms with E-state index in [0.717, 1.165) is 5.69 Å². The van der Waals surface area contributed by atoms with E-state index in [0.29, 0.717) is 12.1 Å². The number of nitrogens with two attached hydrogens (primary N) is 1. The van der Waals surface area contributed by atoms with Crippen LogP contribution in [0.25, 0.3) is 0 Å². The number of anilines is 1. The lowest BCUT2D eigenvalue weighted by Crippen LogP contribution is -2.40. The topological polar surface area (TPSA) is 58.4 Å². The molecule has 0 aliphatic rings. The fourth-order valence-corrected chi connectivity index (χ4v) is 1.93. The minimum absolute atomic E-state index is 0.0517. The SMILES string of the molecule is CCN(CC(=O)NC(C)C)c1ccc(F)cc1CN. The van der Waals surface area contributed by atoms with Crippen LogP contribution in [0.5, 0.6) is 0 Å². The van der Waals surface area contributed by atoms with Crippen molar-refractivity contribution in [3.05, 3.63) is 29.6 Å². The van der Waals surface area contributed by atoms with Gasteiger partial charge in [0.05, 0.1) is 6.54 Å². The molecule has 0 saturated carbocycles. The number of halogens is 1. The van der Waals surface area contributed by atoms with Crippen LogP contribution in [-0.4, -0.2) is 25.0 Å². The summed E-state index contributed by atoms with van der Waals surface area (Å²) in [5.41, 5.74) is 7.15. The highest BCUT2D eigenvalue weighted by atomic mass is 19.1. The van der Waals surface area contributed by atoms with Gasteiger partial charge in [-0.05, 0) is 44.5 Å². The van der Waals surface area contributed by atoms with E-state index in [1.807, 2.05) is 25.7 Å². The molecule has 0 atom stereocenters. The molecule has 0 aliphatic heterocycles. The van der Waals surface area contributed by atoms with E-state index in [9.17, 15) is 9.18 Å². The summed E-state index contributed by atoms with van der Waals surface area (Å²) in [5.74, 6) is -0.365. The molecule has 106 valence electrons. The van der Waals surface area contributed by atoms with Crippen LogP contribution in [0.2, 0.25) is 0 Å². The monoisotopic (exact) mass is 267 g/mol. The summed E-state index contributed by atoms with van der Waals surface area (Å²) in [7, 11) is 0. The van der Waals surface area contributed by atoms with Gasteiger partial charge in [-0.15, -0.1) is 0 Å². The van der Waals surface area contributed by atoms with Gasteiger partial charge in [-0.25, -0.2) is 4.39 Å². The molecule has 0 spiro atoms. The Bertz CT molecular complexity index is 435. The molecular weight excluding hydrogens is 245 g/mol. The number of rotatable bonds is 6. The van der Waals surface area contributed by atoms with Gasteiger partial charge in [0.2, 0.25) is 5.91 Å². The first kappa shape index (κ1) is 15.4. The first-order valence-corrected chi connectivity index (χ1v) is 6.50. The molecule has 0 unspecified atom stereocenters. The molecule has 4 nitrogen and oxygen atoms in total. The molecule has 1 amide bonds. The van der Waals surface area contributed by atoms with Crippen molar-refractivity contribution in [2.75, 3.05) is 18.0 Å². The van der Waals surface area contributed by atoms with Crippen LogP contribution in [0, 0.1) is 5.82 Å². The maximum atomic E-state index is 13.2. The molecule has 0 fully saturated rings. The number of benzene rings is 1. The zero-order chi connectivity index (χ0) is 14.4. The Morgan fingerprint density at radius 1 is 1.47 bits per heavy atom. The predicted molar refractivity (Wildman–Crippen MR) is 75.5 cm³/mol. The Kier molecular flexibility index (Phi) is 5.76. The van der Waals surface area contributed by atoms with Crippen molar-refractivity contribution in [3.8, 4) is 0 Å². The van der Waals surface area contributed by atoms with E-state index in [1.165, 1.54) is 12.1 Å². The van der Waals surface area contributed by atoms with E-state index in [-0.39, 0.29) is 30.9 Å². The minimum atomic E-state index is -0.313. The van der Waals surface area contributed by atoms with Gasteiger partial charge in [-0.1, -0.05) is 0 Å². The summed E-state index contributed by atoms with van der Waals surface area (Å²) in [5, 5.41) is 2.84. The van der Waals surface area contributed by atoms with Crippen LogP contribution in [0.3, 0.4) is 0 Å². The molecule has 0 heterocycles. The van der Waals surface area contributed by atoms with Crippen LogP contribution >= 0.6 is 0 Å². The summed E-state index contributed by atoms with van der Waals surface area (Å²) in [6, 6.07) is 4.58. The first-order valence-electron chi connectivity index (χ1n) is 6.50. The van der Waals surface area contributed by atoms with Crippen molar-refractivity contribution in [3.63, 3.8) is 0 Å². The molecule has 0 bridgehead atoms. The quantitative estimate of drug-likeness (QED) is 0.823. The second-order valence-electron chi connectivity index (χ2n) is 4.71. The number of nitrogens with one attached hydrogen (secondary N) is 1. The molecule has 0 radical (unpaired) electrons. The van der Waals surface area contributed by atoms with Gasteiger partial charge in [-0.2, -0.15) is 0 Å². The van der Waals surface area contributed by atoms with Crippen molar-refractivity contribution >= 4 is 11.6 Å². The van der Waals surface area contributed by atoms with Gasteiger partial charge in [0.1, 0.15) is 5.82 Å². The number of nitrogens with zero attached hydrogens (tertiary/aromatic N) is 1. The molecule has 0 aromatic heterocycles. The third-order valence-electron chi connectivity index (χ3n) is 2.77.